The van der Waals surface area contributed by atoms with E-state index >= 15 is 0 Å². The maximum absolute atomic E-state index is 12.3. The predicted octanol–water partition coefficient (Wildman–Crippen LogP) is 0.662. The van der Waals surface area contributed by atoms with E-state index in [0.29, 0.717) is 12.1 Å². The molecule has 0 atom stereocenters. The van der Waals surface area contributed by atoms with Gasteiger partial charge >= 0.3 is 0 Å². The van der Waals surface area contributed by atoms with Crippen molar-refractivity contribution in [1.82, 2.24) is 0 Å². The zero-order valence-electron chi connectivity index (χ0n) is 5.70. The van der Waals surface area contributed by atoms with Crippen LogP contribution in [0.15, 0.2) is 24.3 Å². The monoisotopic (exact) mass is 154 g/mol. The second-order valence-electron chi connectivity index (χ2n) is 1.99. The van der Waals surface area contributed by atoms with E-state index in [1.165, 1.54) is 24.3 Å². The average Bonchev–Trinajstić information content (AvgIpc) is 2.05. The lowest BCUT2D eigenvalue weighted by molar-refractivity contribution is -0.107. The molecular weight excluding hydrogens is 147 g/mol. The van der Waals surface area contributed by atoms with E-state index in [1.54, 1.807) is 0 Å². The first-order valence-corrected chi connectivity index (χ1v) is 2.99. The van der Waals surface area contributed by atoms with Gasteiger partial charge in [0.15, 0.2) is 0 Å². The Kier molecular flexibility index (Phi) is 2.18. The number of nitrogens with zero attached hydrogens (tertiary/aromatic N) is 1. The summed E-state index contributed by atoms with van der Waals surface area (Å²) in [6, 6.07) is 5.31. The smallest absolute Gasteiger partial charge is 0.228 e. The van der Waals surface area contributed by atoms with Crippen molar-refractivity contribution in [2.24, 2.45) is 5.84 Å². The van der Waals surface area contributed by atoms with Crippen LogP contribution in [0.5, 0.6) is 0 Å². The number of carbonyl (C=O) groups excluding carboxylic acids is 1. The molecule has 0 saturated heterocycles. The van der Waals surface area contributed by atoms with Gasteiger partial charge in [0.2, 0.25) is 6.41 Å². The minimum atomic E-state index is -0.354. The molecular formula is C7H7FN2O. The standard InChI is InChI=1S/C7H7FN2O/c8-6-1-3-7(4-2-6)10(9)5-11/h1-5H,9H2. The number of nitrogens with two attached hydrogens (primary N) is 1. The average molecular weight is 154 g/mol. The molecule has 0 heterocycles. The summed E-state index contributed by atoms with van der Waals surface area (Å²) in [5.41, 5.74) is 0.460. The molecule has 0 unspecified atom stereocenters. The van der Waals surface area contributed by atoms with E-state index in [9.17, 15) is 9.18 Å². The van der Waals surface area contributed by atoms with Crippen LogP contribution in [-0.4, -0.2) is 6.41 Å². The first kappa shape index (κ1) is 7.68. The molecule has 58 valence electrons. The molecule has 0 spiro atoms. The normalized spacial score (nSPS) is 9.27. The van der Waals surface area contributed by atoms with Crippen LogP contribution in [0.4, 0.5) is 10.1 Å². The number of amides is 1. The number of hydrogen-bond acceptors (Lipinski definition) is 2. The van der Waals surface area contributed by atoms with Crippen molar-refractivity contribution in [2.75, 3.05) is 5.01 Å². The van der Waals surface area contributed by atoms with Crippen LogP contribution in [0.1, 0.15) is 0 Å². The third-order valence-electron chi connectivity index (χ3n) is 1.24. The first-order chi connectivity index (χ1) is 5.24. The molecule has 0 radical (unpaired) electrons. The van der Waals surface area contributed by atoms with Crippen LogP contribution < -0.4 is 10.9 Å². The lowest BCUT2D eigenvalue weighted by Gasteiger charge is -2.08. The van der Waals surface area contributed by atoms with Gasteiger partial charge in [-0.15, -0.1) is 0 Å². The minimum absolute atomic E-state index is 0.354. The van der Waals surface area contributed by atoms with E-state index in [0.717, 1.165) is 5.01 Å². The van der Waals surface area contributed by atoms with Crippen molar-refractivity contribution in [2.45, 2.75) is 0 Å². The van der Waals surface area contributed by atoms with Gasteiger partial charge in [-0.2, -0.15) is 0 Å². The fraction of sp³-hybridized carbons (Fsp3) is 0. The van der Waals surface area contributed by atoms with Gasteiger partial charge < -0.3 is 0 Å². The van der Waals surface area contributed by atoms with E-state index < -0.39 is 0 Å². The van der Waals surface area contributed by atoms with Gasteiger partial charge in [0.1, 0.15) is 5.82 Å². The molecule has 1 amide bonds. The molecule has 2 N–H and O–H groups in total. The SMILES string of the molecule is NN(C=O)c1ccc(F)cc1. The van der Waals surface area contributed by atoms with Gasteiger partial charge in [0, 0.05) is 0 Å². The van der Waals surface area contributed by atoms with E-state index in [2.05, 4.69) is 0 Å². The summed E-state index contributed by atoms with van der Waals surface area (Å²) >= 11 is 0. The van der Waals surface area contributed by atoms with E-state index in [1.807, 2.05) is 0 Å². The Hall–Kier alpha value is -1.42. The third kappa shape index (κ3) is 1.75. The molecule has 1 rings (SSSR count). The van der Waals surface area contributed by atoms with Gasteiger partial charge in [-0.3, -0.25) is 9.80 Å². The minimum Gasteiger partial charge on any atom is -0.277 e. The fourth-order valence-corrected chi connectivity index (χ4v) is 0.674. The number of carbonyl (C=O) groups is 1. The zero-order chi connectivity index (χ0) is 8.27. The Morgan fingerprint density at radius 2 is 1.91 bits per heavy atom. The molecule has 4 heteroatoms. The maximum Gasteiger partial charge on any atom is 0.228 e. The van der Waals surface area contributed by atoms with Gasteiger partial charge in [0.05, 0.1) is 5.69 Å². The number of hydrogen-bond donors (Lipinski definition) is 1. The number of benzene rings is 1. The molecule has 0 aliphatic carbocycles. The first-order valence-electron chi connectivity index (χ1n) is 2.99. The molecule has 1 aromatic rings. The highest BCUT2D eigenvalue weighted by Crippen LogP contribution is 2.09. The largest absolute Gasteiger partial charge is 0.277 e. The molecule has 1 aromatic carbocycles. The predicted molar refractivity (Wildman–Crippen MR) is 39.1 cm³/mol. The molecule has 3 nitrogen and oxygen atoms in total. The lowest BCUT2D eigenvalue weighted by atomic mass is 10.3. The van der Waals surface area contributed by atoms with Crippen molar-refractivity contribution in [1.29, 1.82) is 0 Å². The highest BCUT2D eigenvalue weighted by Gasteiger charge is 1.97. The Labute approximate surface area is 63.2 Å². The van der Waals surface area contributed by atoms with Gasteiger partial charge in [-0.25, -0.2) is 10.2 Å². The fourth-order valence-electron chi connectivity index (χ4n) is 0.674. The molecule has 0 aliphatic heterocycles. The highest BCUT2D eigenvalue weighted by molar-refractivity contribution is 5.72. The Morgan fingerprint density at radius 3 is 2.36 bits per heavy atom. The second-order valence-corrected chi connectivity index (χ2v) is 1.99. The summed E-state index contributed by atoms with van der Waals surface area (Å²) in [6.45, 7) is 0. The molecule has 0 aromatic heterocycles. The summed E-state index contributed by atoms with van der Waals surface area (Å²) in [6.07, 6.45) is 0.452. The lowest BCUT2D eigenvalue weighted by Crippen LogP contribution is -2.28. The van der Waals surface area contributed by atoms with Crippen LogP contribution in [0.2, 0.25) is 0 Å². The van der Waals surface area contributed by atoms with Gasteiger partial charge in [-0.1, -0.05) is 0 Å². The van der Waals surface area contributed by atoms with Crippen LogP contribution in [-0.2, 0) is 4.79 Å². The Bertz CT molecular complexity index is 247. The van der Waals surface area contributed by atoms with Crippen molar-refractivity contribution in [3.63, 3.8) is 0 Å². The van der Waals surface area contributed by atoms with Crippen molar-refractivity contribution >= 4 is 12.1 Å². The molecule has 0 saturated carbocycles. The number of anilines is 1. The number of rotatable bonds is 2. The molecule has 0 aliphatic rings. The van der Waals surface area contributed by atoms with Crippen LogP contribution >= 0.6 is 0 Å². The molecule has 11 heavy (non-hydrogen) atoms. The van der Waals surface area contributed by atoms with Crippen molar-refractivity contribution in [3.05, 3.63) is 30.1 Å². The quantitative estimate of drug-likeness (QED) is 0.294. The van der Waals surface area contributed by atoms with Crippen molar-refractivity contribution < 1.29 is 9.18 Å². The van der Waals surface area contributed by atoms with E-state index in [4.69, 9.17) is 5.84 Å². The summed E-state index contributed by atoms with van der Waals surface area (Å²) < 4.78 is 12.3. The molecule has 0 fully saturated rings. The second kappa shape index (κ2) is 3.12. The Balaban J connectivity index is 2.89. The summed E-state index contributed by atoms with van der Waals surface area (Å²) in [5.74, 6) is 4.83. The van der Waals surface area contributed by atoms with Gasteiger partial charge in [-0.05, 0) is 24.3 Å². The number of halogens is 1. The van der Waals surface area contributed by atoms with E-state index in [-0.39, 0.29) is 5.82 Å². The van der Waals surface area contributed by atoms with Crippen molar-refractivity contribution in [3.8, 4) is 0 Å². The third-order valence-corrected chi connectivity index (χ3v) is 1.24. The van der Waals surface area contributed by atoms with Crippen LogP contribution in [0.3, 0.4) is 0 Å². The number of hydrazine groups is 1. The van der Waals surface area contributed by atoms with Crippen LogP contribution in [0, 0.1) is 5.82 Å². The summed E-state index contributed by atoms with van der Waals surface area (Å²) in [5, 5.41) is 0.874. The van der Waals surface area contributed by atoms with Gasteiger partial charge in [0.25, 0.3) is 0 Å². The zero-order valence-corrected chi connectivity index (χ0v) is 5.70. The Morgan fingerprint density at radius 1 is 1.36 bits per heavy atom. The summed E-state index contributed by atoms with van der Waals surface area (Å²) in [4.78, 5) is 10.1. The molecule has 0 bridgehead atoms. The van der Waals surface area contributed by atoms with Crippen LogP contribution in [0.25, 0.3) is 0 Å². The topological polar surface area (TPSA) is 46.3 Å². The highest BCUT2D eigenvalue weighted by atomic mass is 19.1. The summed E-state index contributed by atoms with van der Waals surface area (Å²) in [7, 11) is 0. The maximum atomic E-state index is 12.3.